The summed E-state index contributed by atoms with van der Waals surface area (Å²) in [5.41, 5.74) is 2.53. The highest BCUT2D eigenvalue weighted by molar-refractivity contribution is 7.19. The lowest BCUT2D eigenvalue weighted by Crippen LogP contribution is -2.41. The summed E-state index contributed by atoms with van der Waals surface area (Å²) in [6.07, 6.45) is 1.57. The summed E-state index contributed by atoms with van der Waals surface area (Å²) < 4.78 is 6.91. The van der Waals surface area contributed by atoms with Gasteiger partial charge in [-0.05, 0) is 19.4 Å². The monoisotopic (exact) mass is 383 g/mol. The van der Waals surface area contributed by atoms with Crippen LogP contribution in [-0.4, -0.2) is 46.7 Å². The van der Waals surface area contributed by atoms with Gasteiger partial charge in [0.05, 0.1) is 37.0 Å². The second kappa shape index (κ2) is 7.25. The van der Waals surface area contributed by atoms with E-state index in [1.54, 1.807) is 15.8 Å². The summed E-state index contributed by atoms with van der Waals surface area (Å²) in [5.74, 6) is -0.103. The third-order valence-corrected chi connectivity index (χ3v) is 5.85. The van der Waals surface area contributed by atoms with E-state index >= 15 is 0 Å². The number of aryl methyl sites for hydroxylation is 2. The molecule has 6 nitrogen and oxygen atoms in total. The van der Waals surface area contributed by atoms with Gasteiger partial charge in [0.1, 0.15) is 4.83 Å². The van der Waals surface area contributed by atoms with E-state index < -0.39 is 0 Å². The molecule has 0 N–H and O–H groups in total. The Morgan fingerprint density at radius 3 is 2.59 bits per heavy atom. The zero-order valence-corrected chi connectivity index (χ0v) is 16.2. The van der Waals surface area contributed by atoms with Gasteiger partial charge in [-0.25, -0.2) is 4.98 Å². The van der Waals surface area contributed by atoms with Crippen LogP contribution in [0.25, 0.3) is 10.2 Å². The first-order chi connectivity index (χ1) is 13.0. The van der Waals surface area contributed by atoms with Crippen LogP contribution in [0, 0.1) is 13.8 Å². The van der Waals surface area contributed by atoms with E-state index in [1.165, 1.54) is 16.9 Å². The maximum Gasteiger partial charge on any atom is 0.263 e. The van der Waals surface area contributed by atoms with Crippen molar-refractivity contribution in [3.8, 4) is 0 Å². The standard InChI is InChI=1S/C20H21N3O3S/c1-13-3-5-15(6-4-13)11-23-12-21-18-17(20(23)25)16(14(2)27-18)19(24)22-7-9-26-10-8-22/h3-6,12H,7-11H2,1-2H3. The predicted molar refractivity (Wildman–Crippen MR) is 106 cm³/mol. The molecule has 1 aliphatic heterocycles. The summed E-state index contributed by atoms with van der Waals surface area (Å²) >= 11 is 1.40. The van der Waals surface area contributed by atoms with Gasteiger partial charge in [0.2, 0.25) is 0 Å². The van der Waals surface area contributed by atoms with Gasteiger partial charge in [-0.2, -0.15) is 0 Å². The number of amides is 1. The molecule has 3 heterocycles. The molecular weight excluding hydrogens is 362 g/mol. The highest BCUT2D eigenvalue weighted by Crippen LogP contribution is 2.28. The Balaban J connectivity index is 1.76. The number of hydrogen-bond acceptors (Lipinski definition) is 5. The van der Waals surface area contributed by atoms with Gasteiger partial charge in [0.25, 0.3) is 11.5 Å². The van der Waals surface area contributed by atoms with Crippen LogP contribution in [0.3, 0.4) is 0 Å². The van der Waals surface area contributed by atoms with E-state index in [2.05, 4.69) is 4.98 Å². The quantitative estimate of drug-likeness (QED) is 0.697. The van der Waals surface area contributed by atoms with Crippen molar-refractivity contribution < 1.29 is 9.53 Å². The lowest BCUT2D eigenvalue weighted by atomic mass is 10.1. The molecule has 1 amide bonds. The number of ether oxygens (including phenoxy) is 1. The molecule has 1 aliphatic rings. The third kappa shape index (κ3) is 3.40. The average Bonchev–Trinajstić information content (AvgIpc) is 3.02. The number of carbonyl (C=O) groups excluding carboxylic acids is 1. The largest absolute Gasteiger partial charge is 0.378 e. The summed E-state index contributed by atoms with van der Waals surface area (Å²) in [7, 11) is 0. The lowest BCUT2D eigenvalue weighted by molar-refractivity contribution is 0.0304. The van der Waals surface area contributed by atoms with Gasteiger partial charge in [0.15, 0.2) is 0 Å². The summed E-state index contributed by atoms with van der Waals surface area (Å²) in [5, 5.41) is 0.434. The van der Waals surface area contributed by atoms with Crippen LogP contribution in [0.2, 0.25) is 0 Å². The van der Waals surface area contributed by atoms with E-state index in [4.69, 9.17) is 4.74 Å². The molecule has 4 rings (SSSR count). The molecular formula is C20H21N3O3S. The van der Waals surface area contributed by atoms with E-state index in [9.17, 15) is 9.59 Å². The maximum absolute atomic E-state index is 13.2. The summed E-state index contributed by atoms with van der Waals surface area (Å²) in [4.78, 5) is 33.9. The topological polar surface area (TPSA) is 64.4 Å². The van der Waals surface area contributed by atoms with Crippen molar-refractivity contribution in [2.75, 3.05) is 26.3 Å². The lowest BCUT2D eigenvalue weighted by Gasteiger charge is -2.26. The van der Waals surface area contributed by atoms with Crippen molar-refractivity contribution in [3.05, 3.63) is 62.5 Å². The zero-order valence-electron chi connectivity index (χ0n) is 15.4. The van der Waals surface area contributed by atoms with E-state index in [0.717, 1.165) is 10.4 Å². The number of benzene rings is 1. The number of fused-ring (bicyclic) bond motifs is 1. The Kier molecular flexibility index (Phi) is 4.80. The second-order valence-corrected chi connectivity index (χ2v) is 7.98. The minimum atomic E-state index is -0.165. The fourth-order valence-corrected chi connectivity index (χ4v) is 4.30. The first kappa shape index (κ1) is 17.9. The van der Waals surface area contributed by atoms with Crippen LogP contribution in [0.1, 0.15) is 26.4 Å². The van der Waals surface area contributed by atoms with E-state index in [-0.39, 0.29) is 11.5 Å². The van der Waals surface area contributed by atoms with Crippen molar-refractivity contribution in [3.63, 3.8) is 0 Å². The summed E-state index contributed by atoms with van der Waals surface area (Å²) in [6, 6.07) is 8.05. The molecule has 1 saturated heterocycles. The van der Waals surface area contributed by atoms with Crippen molar-refractivity contribution in [1.29, 1.82) is 0 Å². The van der Waals surface area contributed by atoms with Gasteiger partial charge < -0.3 is 9.64 Å². The molecule has 0 unspecified atom stereocenters. The number of nitrogens with zero attached hydrogens (tertiary/aromatic N) is 3. The third-order valence-electron chi connectivity index (χ3n) is 4.84. The van der Waals surface area contributed by atoms with E-state index in [1.807, 2.05) is 38.1 Å². The molecule has 0 atom stereocenters. The molecule has 7 heteroatoms. The number of carbonyl (C=O) groups is 1. The minimum Gasteiger partial charge on any atom is -0.378 e. The molecule has 1 fully saturated rings. The first-order valence-electron chi connectivity index (χ1n) is 8.95. The van der Waals surface area contributed by atoms with Crippen LogP contribution in [0.15, 0.2) is 35.4 Å². The van der Waals surface area contributed by atoms with Gasteiger partial charge in [-0.15, -0.1) is 11.3 Å². The molecule has 0 saturated carbocycles. The predicted octanol–water partition coefficient (Wildman–Crippen LogP) is 2.60. The molecule has 0 aliphatic carbocycles. The highest BCUT2D eigenvalue weighted by Gasteiger charge is 2.26. The number of rotatable bonds is 3. The Hall–Kier alpha value is -2.51. The molecule has 0 spiro atoms. The van der Waals surface area contributed by atoms with Gasteiger partial charge in [-0.3, -0.25) is 14.2 Å². The van der Waals surface area contributed by atoms with Crippen molar-refractivity contribution in [2.45, 2.75) is 20.4 Å². The van der Waals surface area contributed by atoms with Crippen LogP contribution in [0.5, 0.6) is 0 Å². The fourth-order valence-electron chi connectivity index (χ4n) is 3.32. The van der Waals surface area contributed by atoms with Gasteiger partial charge in [-0.1, -0.05) is 29.8 Å². The first-order valence-corrected chi connectivity index (χ1v) is 9.77. The normalized spacial score (nSPS) is 14.7. The van der Waals surface area contributed by atoms with Crippen LogP contribution >= 0.6 is 11.3 Å². The Bertz CT molecular complexity index is 1050. The van der Waals surface area contributed by atoms with Crippen molar-refractivity contribution >= 4 is 27.5 Å². The van der Waals surface area contributed by atoms with E-state index in [0.29, 0.717) is 48.6 Å². The maximum atomic E-state index is 13.2. The van der Waals surface area contributed by atoms with Crippen LogP contribution < -0.4 is 5.56 Å². The molecule has 2 aromatic heterocycles. The van der Waals surface area contributed by atoms with Gasteiger partial charge in [0, 0.05) is 18.0 Å². The molecule has 27 heavy (non-hydrogen) atoms. The van der Waals surface area contributed by atoms with Crippen molar-refractivity contribution in [2.24, 2.45) is 0 Å². The van der Waals surface area contributed by atoms with Crippen molar-refractivity contribution in [1.82, 2.24) is 14.5 Å². The fraction of sp³-hybridized carbons (Fsp3) is 0.350. The number of hydrogen-bond donors (Lipinski definition) is 0. The molecule has 0 bridgehead atoms. The summed E-state index contributed by atoms with van der Waals surface area (Å²) in [6.45, 7) is 6.50. The Morgan fingerprint density at radius 1 is 1.19 bits per heavy atom. The number of thiophene rings is 1. The molecule has 140 valence electrons. The van der Waals surface area contributed by atoms with Crippen LogP contribution in [0.4, 0.5) is 0 Å². The SMILES string of the molecule is Cc1ccc(Cn2cnc3sc(C)c(C(=O)N4CCOCC4)c3c2=O)cc1. The van der Waals surface area contributed by atoms with Gasteiger partial charge >= 0.3 is 0 Å². The Morgan fingerprint density at radius 2 is 1.89 bits per heavy atom. The minimum absolute atomic E-state index is 0.103. The van der Waals surface area contributed by atoms with Crippen LogP contribution in [-0.2, 0) is 11.3 Å². The molecule has 0 radical (unpaired) electrons. The Labute approximate surface area is 161 Å². The second-order valence-electron chi connectivity index (χ2n) is 6.78. The zero-order chi connectivity index (χ0) is 19.0. The molecule has 1 aromatic carbocycles. The average molecular weight is 383 g/mol. The number of aromatic nitrogens is 2. The molecule has 3 aromatic rings. The smallest absolute Gasteiger partial charge is 0.263 e. The highest BCUT2D eigenvalue weighted by atomic mass is 32.1. The number of morpholine rings is 1.